The lowest BCUT2D eigenvalue weighted by molar-refractivity contribution is -0.154. The molecule has 0 radical (unpaired) electrons. The second-order valence-electron chi connectivity index (χ2n) is 8.18. The molecule has 9 heteroatoms. The summed E-state index contributed by atoms with van der Waals surface area (Å²) in [7, 11) is 0. The molecule has 0 aromatic heterocycles. The van der Waals surface area contributed by atoms with Crippen molar-refractivity contribution in [1.29, 1.82) is 0 Å². The lowest BCUT2D eigenvalue weighted by Gasteiger charge is -2.19. The van der Waals surface area contributed by atoms with Gasteiger partial charge in [0.25, 0.3) is 0 Å². The molecule has 0 aliphatic heterocycles. The molecule has 0 saturated heterocycles. The van der Waals surface area contributed by atoms with Gasteiger partial charge in [-0.05, 0) is 67.5 Å². The molecule has 0 rings (SSSR count). The predicted octanol–water partition coefficient (Wildman–Crippen LogP) is 1.78. The van der Waals surface area contributed by atoms with Crippen LogP contribution in [-0.4, -0.2) is 68.7 Å². The summed E-state index contributed by atoms with van der Waals surface area (Å²) in [4.78, 5) is 34.3. The zero-order valence-corrected chi connectivity index (χ0v) is 18.0. The molecule has 0 amide bonds. The second-order valence-corrected chi connectivity index (χ2v) is 8.18. The summed E-state index contributed by atoms with van der Waals surface area (Å²) >= 11 is 0. The predicted molar refractivity (Wildman–Crippen MR) is 104 cm³/mol. The number of esters is 2. The van der Waals surface area contributed by atoms with Gasteiger partial charge in [-0.3, -0.25) is 9.59 Å². The van der Waals surface area contributed by atoms with Crippen molar-refractivity contribution in [2.75, 3.05) is 39.4 Å². The molecule has 0 aliphatic rings. The minimum absolute atomic E-state index is 0.109. The fourth-order valence-corrected chi connectivity index (χ4v) is 1.88. The van der Waals surface area contributed by atoms with Gasteiger partial charge in [0.1, 0.15) is 11.2 Å². The number of carbonyl (C=O) groups is 3. The second kappa shape index (κ2) is 13.3. The summed E-state index contributed by atoms with van der Waals surface area (Å²) < 4.78 is 20.1. The normalized spacial score (nSPS) is 11.6. The van der Waals surface area contributed by atoms with E-state index in [1.54, 1.807) is 41.5 Å². The molecular formula is C19H36N2O7. The van der Waals surface area contributed by atoms with Crippen molar-refractivity contribution in [3.8, 4) is 0 Å². The molecule has 0 heterocycles. The quantitative estimate of drug-likeness (QED) is 0.285. The Balaban J connectivity index is 3.49. The number of nitrogens with one attached hydrogen (secondary N) is 2. The maximum Gasteiger partial charge on any atom is 0.508 e. The van der Waals surface area contributed by atoms with Gasteiger partial charge in [0.2, 0.25) is 0 Å². The summed E-state index contributed by atoms with van der Waals surface area (Å²) in [6.45, 7) is 12.5. The third-order valence-corrected chi connectivity index (χ3v) is 2.81. The zero-order valence-electron chi connectivity index (χ0n) is 18.0. The van der Waals surface area contributed by atoms with Crippen LogP contribution < -0.4 is 10.6 Å². The van der Waals surface area contributed by atoms with Crippen molar-refractivity contribution in [3.63, 3.8) is 0 Å². The lowest BCUT2D eigenvalue weighted by atomic mass is 10.2. The first-order chi connectivity index (χ1) is 12.9. The van der Waals surface area contributed by atoms with Gasteiger partial charge in [-0.1, -0.05) is 0 Å². The van der Waals surface area contributed by atoms with Crippen LogP contribution in [0, 0.1) is 0 Å². The van der Waals surface area contributed by atoms with E-state index in [1.165, 1.54) is 0 Å². The molecule has 164 valence electrons. The summed E-state index contributed by atoms with van der Waals surface area (Å²) in [5, 5.41) is 5.84. The fourth-order valence-electron chi connectivity index (χ4n) is 1.88. The van der Waals surface area contributed by atoms with E-state index in [-0.39, 0.29) is 38.2 Å². The van der Waals surface area contributed by atoms with E-state index < -0.39 is 17.4 Å². The van der Waals surface area contributed by atoms with Crippen molar-refractivity contribution in [1.82, 2.24) is 10.6 Å². The molecule has 0 bridgehead atoms. The van der Waals surface area contributed by atoms with Crippen LogP contribution in [0.3, 0.4) is 0 Å². The molecule has 0 unspecified atom stereocenters. The molecule has 9 nitrogen and oxygen atoms in total. The van der Waals surface area contributed by atoms with Gasteiger partial charge in [-0.15, -0.1) is 0 Å². The number of hydrogen-bond acceptors (Lipinski definition) is 9. The van der Waals surface area contributed by atoms with Crippen LogP contribution in [0.4, 0.5) is 4.79 Å². The maximum atomic E-state index is 11.5. The Morgan fingerprint density at radius 2 is 1.04 bits per heavy atom. The minimum atomic E-state index is -0.737. The van der Waals surface area contributed by atoms with Crippen LogP contribution in [0.25, 0.3) is 0 Å². The number of rotatable bonds is 12. The van der Waals surface area contributed by atoms with E-state index in [4.69, 9.17) is 18.9 Å². The highest BCUT2D eigenvalue weighted by atomic mass is 16.7. The Morgan fingerprint density at radius 1 is 0.679 bits per heavy atom. The molecule has 0 spiro atoms. The van der Waals surface area contributed by atoms with Gasteiger partial charge in [0.05, 0.1) is 26.3 Å². The van der Waals surface area contributed by atoms with Crippen molar-refractivity contribution >= 4 is 18.1 Å². The summed E-state index contributed by atoms with van der Waals surface area (Å²) in [6.07, 6.45) is 0.365. The van der Waals surface area contributed by atoms with Crippen LogP contribution >= 0.6 is 0 Å². The van der Waals surface area contributed by atoms with Crippen LogP contribution in [0.1, 0.15) is 54.4 Å². The van der Waals surface area contributed by atoms with E-state index in [0.29, 0.717) is 25.9 Å². The zero-order chi connectivity index (χ0) is 21.6. The van der Waals surface area contributed by atoms with Crippen LogP contribution in [-0.2, 0) is 28.5 Å². The van der Waals surface area contributed by atoms with Crippen LogP contribution in [0.2, 0.25) is 0 Å². The third-order valence-electron chi connectivity index (χ3n) is 2.81. The average Bonchev–Trinajstić information content (AvgIpc) is 2.50. The first kappa shape index (κ1) is 26.1. The Hall–Kier alpha value is -1.87. The van der Waals surface area contributed by atoms with Crippen molar-refractivity contribution in [2.24, 2.45) is 0 Å². The maximum absolute atomic E-state index is 11.5. The highest BCUT2D eigenvalue weighted by molar-refractivity contribution is 5.72. The molecule has 28 heavy (non-hydrogen) atoms. The lowest BCUT2D eigenvalue weighted by Crippen LogP contribution is -2.32. The third kappa shape index (κ3) is 18.9. The highest BCUT2D eigenvalue weighted by Gasteiger charge is 2.16. The Morgan fingerprint density at radius 3 is 1.36 bits per heavy atom. The largest absolute Gasteiger partial charge is 0.508 e. The van der Waals surface area contributed by atoms with Crippen molar-refractivity contribution in [3.05, 3.63) is 0 Å². The SMILES string of the molecule is CC(C)(C)OC(=O)CNCCCOC(=O)OCCCNCC(=O)OC(C)(C)C. The van der Waals surface area contributed by atoms with Crippen molar-refractivity contribution in [2.45, 2.75) is 65.6 Å². The molecule has 0 saturated carbocycles. The molecule has 0 aromatic rings. The first-order valence-corrected chi connectivity index (χ1v) is 9.54. The van der Waals surface area contributed by atoms with E-state index >= 15 is 0 Å². The van der Waals surface area contributed by atoms with Gasteiger partial charge < -0.3 is 29.6 Å². The monoisotopic (exact) mass is 404 g/mol. The minimum Gasteiger partial charge on any atom is -0.459 e. The van der Waals surface area contributed by atoms with E-state index in [2.05, 4.69) is 10.6 Å². The number of hydrogen-bond donors (Lipinski definition) is 2. The van der Waals surface area contributed by atoms with Gasteiger partial charge in [-0.25, -0.2) is 4.79 Å². The summed E-state index contributed by atoms with van der Waals surface area (Å²) in [5.74, 6) is -0.652. The first-order valence-electron chi connectivity index (χ1n) is 9.54. The number of carbonyl (C=O) groups excluding carboxylic acids is 3. The topological polar surface area (TPSA) is 112 Å². The molecule has 0 atom stereocenters. The van der Waals surface area contributed by atoms with E-state index in [0.717, 1.165) is 0 Å². The van der Waals surface area contributed by atoms with Gasteiger partial charge in [0, 0.05) is 0 Å². The molecule has 2 N–H and O–H groups in total. The number of ether oxygens (including phenoxy) is 4. The molecular weight excluding hydrogens is 368 g/mol. The standard InChI is InChI=1S/C19H36N2O7/c1-18(2,3)27-15(22)13-20-9-7-11-25-17(24)26-12-8-10-21-14-16(23)28-19(4,5)6/h20-21H,7-14H2,1-6H3. The smallest absolute Gasteiger partial charge is 0.459 e. The van der Waals surface area contributed by atoms with Crippen molar-refractivity contribution < 1.29 is 33.3 Å². The fraction of sp³-hybridized carbons (Fsp3) is 0.842. The summed E-state index contributed by atoms with van der Waals surface area (Å²) in [6, 6.07) is 0. The molecule has 0 aliphatic carbocycles. The van der Waals surface area contributed by atoms with Gasteiger partial charge in [-0.2, -0.15) is 0 Å². The van der Waals surface area contributed by atoms with Crippen LogP contribution in [0.5, 0.6) is 0 Å². The van der Waals surface area contributed by atoms with Crippen LogP contribution in [0.15, 0.2) is 0 Å². The van der Waals surface area contributed by atoms with Gasteiger partial charge >= 0.3 is 18.1 Å². The Bertz CT molecular complexity index is 440. The molecule has 0 aromatic carbocycles. The highest BCUT2D eigenvalue weighted by Crippen LogP contribution is 2.06. The summed E-state index contributed by atoms with van der Waals surface area (Å²) in [5.41, 5.74) is -1.01. The average molecular weight is 405 g/mol. The Kier molecular flexibility index (Phi) is 12.4. The molecule has 0 fully saturated rings. The Labute approximate surface area is 167 Å². The van der Waals surface area contributed by atoms with E-state index in [1.807, 2.05) is 0 Å². The van der Waals surface area contributed by atoms with Gasteiger partial charge in [0.15, 0.2) is 0 Å². The van der Waals surface area contributed by atoms with E-state index in [9.17, 15) is 14.4 Å².